The molecule has 1 aliphatic heterocycles. The molecule has 0 aliphatic carbocycles. The fourth-order valence-corrected chi connectivity index (χ4v) is 5.12. The Labute approximate surface area is 242 Å². The van der Waals surface area contributed by atoms with Gasteiger partial charge in [-0.25, -0.2) is 4.79 Å². The van der Waals surface area contributed by atoms with E-state index in [-0.39, 0.29) is 31.6 Å². The predicted molar refractivity (Wildman–Crippen MR) is 160 cm³/mol. The molecule has 3 aromatic rings. The van der Waals surface area contributed by atoms with Crippen LogP contribution in [-0.4, -0.2) is 67.1 Å². The zero-order valence-corrected chi connectivity index (χ0v) is 24.9. The minimum Gasteiger partial charge on any atom is -0.485 e. The lowest BCUT2D eigenvalue weighted by molar-refractivity contribution is 0.0754. The molecule has 0 spiro atoms. The highest BCUT2D eigenvalue weighted by Gasteiger charge is 2.25. The Morgan fingerprint density at radius 2 is 1.97 bits per heavy atom. The number of carbonyl (C=O) groups is 2. The number of likely N-dealkylation sites (N-methyl/N-ethyl adjacent to an activating group) is 1. The number of pyridine rings is 1. The van der Waals surface area contributed by atoms with E-state index in [1.807, 2.05) is 67.6 Å². The molecule has 10 heteroatoms. The number of thiophene rings is 1. The minimum absolute atomic E-state index is 0. The molecule has 0 unspecified atom stereocenters. The van der Waals surface area contributed by atoms with Crippen molar-refractivity contribution in [2.45, 2.75) is 39.3 Å². The van der Waals surface area contributed by atoms with Crippen LogP contribution < -0.4 is 9.64 Å². The summed E-state index contributed by atoms with van der Waals surface area (Å²) in [5.74, 6) is 0.742. The first-order chi connectivity index (χ1) is 18.4. The number of benzene rings is 1. The minimum atomic E-state index is -0.316. The largest absolute Gasteiger partial charge is 0.485 e. The van der Waals surface area contributed by atoms with Crippen LogP contribution in [0.5, 0.6) is 5.75 Å². The molecule has 0 saturated carbocycles. The van der Waals surface area contributed by atoms with Crippen molar-refractivity contribution in [3.63, 3.8) is 0 Å². The zero-order valence-electron chi connectivity index (χ0n) is 23.1. The van der Waals surface area contributed by atoms with E-state index in [9.17, 15) is 9.59 Å². The van der Waals surface area contributed by atoms with Gasteiger partial charge in [0.1, 0.15) is 11.9 Å². The van der Waals surface area contributed by atoms with Crippen molar-refractivity contribution < 1.29 is 19.1 Å². The monoisotopic (exact) mass is 570 g/mol. The molecule has 1 atom stereocenters. The molecule has 0 bridgehead atoms. The fraction of sp³-hybridized carbons (Fsp3) is 0.414. The maximum absolute atomic E-state index is 13.3. The Morgan fingerprint density at radius 1 is 1.21 bits per heavy atom. The summed E-state index contributed by atoms with van der Waals surface area (Å²) in [5, 5.41) is 2.03. The van der Waals surface area contributed by atoms with Gasteiger partial charge in [0, 0.05) is 63.5 Å². The number of ether oxygens (including phenoxy) is 2. The van der Waals surface area contributed by atoms with E-state index in [1.165, 1.54) is 0 Å². The Bertz CT molecular complexity index is 1220. The fourth-order valence-electron chi connectivity index (χ4n) is 4.33. The number of fused-ring (bicyclic) bond motifs is 1. The zero-order chi connectivity index (χ0) is 27.1. The lowest BCUT2D eigenvalue weighted by atomic mass is 10.1. The van der Waals surface area contributed by atoms with E-state index in [2.05, 4.69) is 16.0 Å². The van der Waals surface area contributed by atoms with Crippen molar-refractivity contribution in [2.24, 2.45) is 0 Å². The normalized spacial score (nSPS) is 13.7. The van der Waals surface area contributed by atoms with Gasteiger partial charge in [0.25, 0.3) is 5.91 Å². The van der Waals surface area contributed by atoms with Gasteiger partial charge in [-0.3, -0.25) is 9.78 Å². The molecule has 1 aliphatic rings. The lowest BCUT2D eigenvalue weighted by Crippen LogP contribution is -2.33. The second kappa shape index (κ2) is 14.2. The van der Waals surface area contributed by atoms with Crippen LogP contribution in [0.2, 0.25) is 0 Å². The third kappa shape index (κ3) is 7.89. The van der Waals surface area contributed by atoms with E-state index in [0.29, 0.717) is 38.2 Å². The van der Waals surface area contributed by atoms with Crippen LogP contribution in [0.15, 0.2) is 54.0 Å². The van der Waals surface area contributed by atoms with Crippen molar-refractivity contribution in [1.82, 2.24) is 14.8 Å². The van der Waals surface area contributed by atoms with Gasteiger partial charge in [0.05, 0.1) is 17.9 Å². The van der Waals surface area contributed by atoms with Crippen molar-refractivity contribution in [3.05, 3.63) is 75.7 Å². The summed E-state index contributed by atoms with van der Waals surface area (Å²) in [7, 11) is 3.76. The van der Waals surface area contributed by atoms with E-state index in [0.717, 1.165) is 40.5 Å². The molecule has 2 aromatic heterocycles. The maximum Gasteiger partial charge on any atom is 0.409 e. The third-order valence-electron chi connectivity index (χ3n) is 6.56. The highest BCUT2D eigenvalue weighted by Crippen LogP contribution is 2.29. The summed E-state index contributed by atoms with van der Waals surface area (Å²) in [6, 6.07) is 13.9. The smallest absolute Gasteiger partial charge is 0.409 e. The number of anilines is 1. The average Bonchev–Trinajstić information content (AvgIpc) is 3.43. The number of rotatable bonds is 10. The van der Waals surface area contributed by atoms with Crippen LogP contribution in [-0.2, 0) is 11.3 Å². The van der Waals surface area contributed by atoms with Gasteiger partial charge in [-0.15, -0.1) is 11.3 Å². The van der Waals surface area contributed by atoms with Crippen LogP contribution in [0.3, 0.4) is 0 Å². The molecule has 3 heterocycles. The summed E-state index contributed by atoms with van der Waals surface area (Å²) in [6.45, 7) is 6.75. The third-order valence-corrected chi connectivity index (χ3v) is 7.52. The van der Waals surface area contributed by atoms with Gasteiger partial charge in [-0.2, -0.15) is 13.5 Å². The summed E-state index contributed by atoms with van der Waals surface area (Å²) in [5.41, 5.74) is 3.50. The molecule has 0 fully saturated rings. The number of carbonyl (C=O) groups excluding carboxylic acids is 2. The van der Waals surface area contributed by atoms with Crippen LogP contribution >= 0.6 is 24.8 Å². The second-order valence-corrected chi connectivity index (χ2v) is 10.6. The predicted octanol–water partition coefficient (Wildman–Crippen LogP) is 5.65. The summed E-state index contributed by atoms with van der Waals surface area (Å²) in [4.78, 5) is 36.4. The summed E-state index contributed by atoms with van der Waals surface area (Å²) < 4.78 is 11.6. The Balaban J connectivity index is 0.00000420. The first-order valence-electron chi connectivity index (χ1n) is 13.0. The molecular formula is C29H38N4O4S2. The molecule has 210 valence electrons. The molecular weight excluding hydrogens is 532 g/mol. The van der Waals surface area contributed by atoms with Crippen LogP contribution in [0, 0.1) is 6.92 Å². The van der Waals surface area contributed by atoms with E-state index in [4.69, 9.17) is 9.47 Å². The molecule has 4 rings (SSSR count). The molecule has 0 N–H and O–H groups in total. The van der Waals surface area contributed by atoms with Crippen LogP contribution in [0.25, 0.3) is 0 Å². The van der Waals surface area contributed by atoms with E-state index >= 15 is 0 Å². The van der Waals surface area contributed by atoms with Gasteiger partial charge < -0.3 is 24.2 Å². The Morgan fingerprint density at radius 3 is 2.67 bits per heavy atom. The number of aryl methyl sites for hydroxylation is 1. The van der Waals surface area contributed by atoms with Crippen molar-refractivity contribution in [3.8, 4) is 5.75 Å². The molecule has 2 amide bonds. The maximum atomic E-state index is 13.3. The van der Waals surface area contributed by atoms with Gasteiger partial charge in [0.2, 0.25) is 0 Å². The first-order valence-corrected chi connectivity index (χ1v) is 13.9. The standard InChI is InChI=1S/C29H36N4O4S.H2S/c1-5-16-36-29(35)32(4)13-12-26(27-7-6-17-38-27)37-23-10-8-22(9-11-23)20-33-15-14-31(3)25-18-21(2)30-19-24(25)28(33)34;/h6-11,17-19,26H,5,12-16,20H2,1-4H3;1H2/t26-;/m0./s1. The van der Waals surface area contributed by atoms with Crippen molar-refractivity contribution in [1.29, 1.82) is 0 Å². The van der Waals surface area contributed by atoms with Gasteiger partial charge in [-0.1, -0.05) is 25.1 Å². The number of hydrogen-bond acceptors (Lipinski definition) is 7. The summed E-state index contributed by atoms with van der Waals surface area (Å²) >= 11 is 1.64. The van der Waals surface area contributed by atoms with Crippen LogP contribution in [0.4, 0.5) is 10.5 Å². The van der Waals surface area contributed by atoms with E-state index < -0.39 is 0 Å². The molecule has 0 radical (unpaired) electrons. The SMILES string of the molecule is CCCOC(=O)N(C)CC[C@H](Oc1ccc(CN2CCN(C)c3cc(C)ncc3C2=O)cc1)c1cccs1.S. The average molecular weight is 571 g/mol. The lowest BCUT2D eigenvalue weighted by Gasteiger charge is -2.23. The van der Waals surface area contributed by atoms with Gasteiger partial charge >= 0.3 is 6.09 Å². The van der Waals surface area contributed by atoms with Crippen molar-refractivity contribution >= 4 is 42.5 Å². The highest BCUT2D eigenvalue weighted by atomic mass is 32.1. The summed E-state index contributed by atoms with van der Waals surface area (Å²) in [6.07, 6.45) is 2.62. The molecule has 39 heavy (non-hydrogen) atoms. The number of amides is 2. The molecule has 0 saturated heterocycles. The number of aromatic nitrogens is 1. The van der Waals surface area contributed by atoms with Crippen LogP contribution in [0.1, 0.15) is 52.4 Å². The molecule has 1 aromatic carbocycles. The second-order valence-electron chi connectivity index (χ2n) is 9.58. The number of nitrogens with zero attached hydrogens (tertiary/aromatic N) is 4. The topological polar surface area (TPSA) is 75.2 Å². The van der Waals surface area contributed by atoms with Gasteiger partial charge in [0.15, 0.2) is 0 Å². The Kier molecular flexibility index (Phi) is 11.1. The first kappa shape index (κ1) is 30.3. The quantitative estimate of drug-likeness (QED) is 0.314. The van der Waals surface area contributed by atoms with E-state index in [1.54, 1.807) is 29.5 Å². The number of hydrogen-bond donors (Lipinski definition) is 0. The highest BCUT2D eigenvalue weighted by molar-refractivity contribution is 7.59. The molecule has 8 nitrogen and oxygen atoms in total. The van der Waals surface area contributed by atoms with Crippen molar-refractivity contribution in [2.75, 3.05) is 45.2 Å². The van der Waals surface area contributed by atoms with Gasteiger partial charge in [-0.05, 0) is 48.6 Å². The Hall–Kier alpha value is -3.24.